The van der Waals surface area contributed by atoms with Crippen LogP contribution in [0.3, 0.4) is 0 Å². The molecule has 5 nitrogen and oxygen atoms in total. The van der Waals surface area contributed by atoms with Gasteiger partial charge in [-0.05, 0) is 31.8 Å². The third kappa shape index (κ3) is 3.96. The standard InChI is InChI=1S/C21H21BrN2O3/c1-23(2)12-13-24-18(14-8-10-16(22)11-9-14)17(20(26)21(24)27)19(25)15-6-4-3-5-7-15/h3-11,18,25H,12-13H2,1-2H3/t18-/m0/s1. The number of carbonyl (C=O) groups excluding carboxylic acids is 2. The number of likely N-dealkylation sites (tertiary alicyclic amines) is 1. The van der Waals surface area contributed by atoms with Crippen molar-refractivity contribution in [2.45, 2.75) is 6.04 Å². The van der Waals surface area contributed by atoms with E-state index in [1.165, 1.54) is 0 Å². The van der Waals surface area contributed by atoms with E-state index in [0.29, 0.717) is 18.7 Å². The van der Waals surface area contributed by atoms with E-state index in [0.717, 1.165) is 10.0 Å². The summed E-state index contributed by atoms with van der Waals surface area (Å²) < 4.78 is 0.902. The number of rotatable bonds is 5. The molecule has 140 valence electrons. The molecule has 1 aliphatic heterocycles. The van der Waals surface area contributed by atoms with E-state index < -0.39 is 17.7 Å². The van der Waals surface area contributed by atoms with Crippen LogP contribution < -0.4 is 0 Å². The number of aliphatic hydroxyl groups is 1. The highest BCUT2D eigenvalue weighted by Gasteiger charge is 2.45. The lowest BCUT2D eigenvalue weighted by Crippen LogP contribution is -2.35. The molecular weight excluding hydrogens is 408 g/mol. The van der Waals surface area contributed by atoms with Crippen molar-refractivity contribution in [3.05, 3.63) is 75.8 Å². The number of Topliss-reactive ketones (excluding diaryl/α,β-unsaturated/α-hetero) is 1. The van der Waals surface area contributed by atoms with Gasteiger partial charge in [0.25, 0.3) is 11.7 Å². The minimum absolute atomic E-state index is 0.132. The summed E-state index contributed by atoms with van der Waals surface area (Å²) in [7, 11) is 3.82. The maximum absolute atomic E-state index is 12.8. The normalized spacial score (nSPS) is 19.1. The summed E-state index contributed by atoms with van der Waals surface area (Å²) in [5.74, 6) is -1.38. The lowest BCUT2D eigenvalue weighted by molar-refractivity contribution is -0.140. The van der Waals surface area contributed by atoms with Gasteiger partial charge in [-0.25, -0.2) is 0 Å². The Morgan fingerprint density at radius 3 is 2.30 bits per heavy atom. The summed E-state index contributed by atoms with van der Waals surface area (Å²) >= 11 is 3.41. The Balaban J connectivity index is 2.13. The summed E-state index contributed by atoms with van der Waals surface area (Å²) in [6, 6.07) is 15.7. The van der Waals surface area contributed by atoms with E-state index in [-0.39, 0.29) is 11.3 Å². The predicted octanol–water partition coefficient (Wildman–Crippen LogP) is 3.43. The molecule has 1 aliphatic rings. The first-order valence-electron chi connectivity index (χ1n) is 8.64. The molecule has 27 heavy (non-hydrogen) atoms. The summed E-state index contributed by atoms with van der Waals surface area (Å²) in [6.07, 6.45) is 0. The zero-order valence-electron chi connectivity index (χ0n) is 15.2. The van der Waals surface area contributed by atoms with Gasteiger partial charge in [0.2, 0.25) is 0 Å². The minimum Gasteiger partial charge on any atom is -0.507 e. The largest absolute Gasteiger partial charge is 0.507 e. The molecule has 3 rings (SSSR count). The zero-order valence-corrected chi connectivity index (χ0v) is 16.8. The fourth-order valence-electron chi connectivity index (χ4n) is 3.16. The van der Waals surface area contributed by atoms with Crippen molar-refractivity contribution in [3.63, 3.8) is 0 Å². The molecule has 1 saturated heterocycles. The van der Waals surface area contributed by atoms with Gasteiger partial charge < -0.3 is 14.9 Å². The summed E-state index contributed by atoms with van der Waals surface area (Å²) in [4.78, 5) is 29.0. The molecule has 1 atom stereocenters. The molecule has 1 heterocycles. The van der Waals surface area contributed by atoms with Gasteiger partial charge >= 0.3 is 0 Å². The third-order valence-corrected chi connectivity index (χ3v) is 5.09. The number of ketones is 1. The smallest absolute Gasteiger partial charge is 0.295 e. The van der Waals surface area contributed by atoms with E-state index in [1.807, 2.05) is 49.3 Å². The first-order valence-corrected chi connectivity index (χ1v) is 9.43. The van der Waals surface area contributed by atoms with Crippen LogP contribution in [0.25, 0.3) is 5.76 Å². The average Bonchev–Trinajstić information content (AvgIpc) is 2.91. The average molecular weight is 429 g/mol. The highest BCUT2D eigenvalue weighted by Crippen LogP contribution is 2.39. The van der Waals surface area contributed by atoms with Gasteiger partial charge in [0.15, 0.2) is 0 Å². The number of nitrogens with zero attached hydrogens (tertiary/aromatic N) is 2. The SMILES string of the molecule is CN(C)CCN1C(=O)C(=O)C(=C(O)c2ccccc2)[C@@H]1c1ccc(Br)cc1. The molecule has 6 heteroatoms. The maximum Gasteiger partial charge on any atom is 0.295 e. The lowest BCUT2D eigenvalue weighted by Gasteiger charge is -2.26. The number of halogens is 1. The van der Waals surface area contributed by atoms with Crippen LogP contribution in [0.5, 0.6) is 0 Å². The Labute approximate surface area is 167 Å². The molecule has 2 aromatic carbocycles. The van der Waals surface area contributed by atoms with Gasteiger partial charge in [-0.2, -0.15) is 0 Å². The van der Waals surface area contributed by atoms with Crippen LogP contribution in [-0.4, -0.2) is 53.8 Å². The quantitative estimate of drug-likeness (QED) is 0.450. The van der Waals surface area contributed by atoms with E-state index in [9.17, 15) is 14.7 Å². The van der Waals surface area contributed by atoms with Crippen molar-refractivity contribution < 1.29 is 14.7 Å². The number of likely N-dealkylation sites (N-methyl/N-ethyl adjacent to an activating group) is 1. The predicted molar refractivity (Wildman–Crippen MR) is 108 cm³/mol. The summed E-state index contributed by atoms with van der Waals surface area (Å²) in [5.41, 5.74) is 1.44. The molecule has 1 fully saturated rings. The Kier molecular flexibility index (Phi) is 5.77. The van der Waals surface area contributed by atoms with Crippen LogP contribution in [0.1, 0.15) is 17.2 Å². The molecule has 0 spiro atoms. The van der Waals surface area contributed by atoms with Crippen LogP contribution in [0.15, 0.2) is 64.6 Å². The minimum atomic E-state index is -0.650. The molecule has 0 radical (unpaired) electrons. The molecule has 0 unspecified atom stereocenters. The number of carbonyl (C=O) groups is 2. The molecular formula is C21H21BrN2O3. The molecule has 1 N–H and O–H groups in total. The van der Waals surface area contributed by atoms with Gasteiger partial charge in [0, 0.05) is 23.1 Å². The van der Waals surface area contributed by atoms with Crippen molar-refractivity contribution in [1.29, 1.82) is 0 Å². The number of hydrogen-bond donors (Lipinski definition) is 1. The van der Waals surface area contributed by atoms with Crippen LogP contribution >= 0.6 is 15.9 Å². The van der Waals surface area contributed by atoms with Gasteiger partial charge in [-0.3, -0.25) is 9.59 Å². The molecule has 0 aliphatic carbocycles. The van der Waals surface area contributed by atoms with Crippen molar-refractivity contribution in [3.8, 4) is 0 Å². The summed E-state index contributed by atoms with van der Waals surface area (Å²) in [5, 5.41) is 10.9. The highest BCUT2D eigenvalue weighted by molar-refractivity contribution is 9.10. The fourth-order valence-corrected chi connectivity index (χ4v) is 3.43. The van der Waals surface area contributed by atoms with Crippen molar-refractivity contribution in [2.75, 3.05) is 27.2 Å². The second kappa shape index (κ2) is 8.06. The monoisotopic (exact) mass is 428 g/mol. The molecule has 2 aromatic rings. The second-order valence-corrected chi connectivity index (χ2v) is 7.63. The third-order valence-electron chi connectivity index (χ3n) is 4.56. The highest BCUT2D eigenvalue weighted by atomic mass is 79.9. The van der Waals surface area contributed by atoms with Crippen LogP contribution in [-0.2, 0) is 9.59 Å². The first-order chi connectivity index (χ1) is 12.9. The Morgan fingerprint density at radius 2 is 1.70 bits per heavy atom. The van der Waals surface area contributed by atoms with Crippen molar-refractivity contribution in [2.24, 2.45) is 0 Å². The van der Waals surface area contributed by atoms with Gasteiger partial charge in [-0.15, -0.1) is 0 Å². The summed E-state index contributed by atoms with van der Waals surface area (Å²) in [6.45, 7) is 1.01. The van der Waals surface area contributed by atoms with Crippen LogP contribution in [0.4, 0.5) is 0 Å². The second-order valence-electron chi connectivity index (χ2n) is 6.71. The number of hydrogen-bond acceptors (Lipinski definition) is 4. The zero-order chi connectivity index (χ0) is 19.6. The Bertz CT molecular complexity index is 876. The molecule has 0 aromatic heterocycles. The van der Waals surface area contributed by atoms with E-state index in [4.69, 9.17) is 0 Å². The molecule has 0 bridgehead atoms. The lowest BCUT2D eigenvalue weighted by atomic mass is 9.95. The Morgan fingerprint density at radius 1 is 1.07 bits per heavy atom. The molecule has 1 amide bonds. The van der Waals surface area contributed by atoms with E-state index >= 15 is 0 Å². The van der Waals surface area contributed by atoms with Crippen LogP contribution in [0.2, 0.25) is 0 Å². The van der Waals surface area contributed by atoms with E-state index in [1.54, 1.807) is 29.2 Å². The van der Waals surface area contributed by atoms with Crippen molar-refractivity contribution >= 4 is 33.4 Å². The van der Waals surface area contributed by atoms with E-state index in [2.05, 4.69) is 15.9 Å². The van der Waals surface area contributed by atoms with Crippen molar-refractivity contribution in [1.82, 2.24) is 9.80 Å². The maximum atomic E-state index is 12.8. The van der Waals surface area contributed by atoms with Gasteiger partial charge in [0.1, 0.15) is 5.76 Å². The first kappa shape index (κ1) is 19.3. The Hall–Kier alpha value is -2.44. The van der Waals surface area contributed by atoms with Crippen LogP contribution in [0, 0.1) is 0 Å². The number of aliphatic hydroxyl groups excluding tert-OH is 1. The molecule has 0 saturated carbocycles. The topological polar surface area (TPSA) is 60.9 Å². The number of amides is 1. The number of benzene rings is 2. The fraction of sp³-hybridized carbons (Fsp3) is 0.238. The van der Waals surface area contributed by atoms with Gasteiger partial charge in [0.05, 0.1) is 11.6 Å². The van der Waals surface area contributed by atoms with Gasteiger partial charge in [-0.1, -0.05) is 58.4 Å².